The van der Waals surface area contributed by atoms with Crippen molar-refractivity contribution in [1.29, 1.82) is 0 Å². The molecule has 2 heterocycles. The second kappa shape index (κ2) is 7.34. The van der Waals surface area contributed by atoms with E-state index in [1.54, 1.807) is 0 Å². The number of hydrogen-bond donors (Lipinski definition) is 1. The van der Waals surface area contributed by atoms with Crippen molar-refractivity contribution in [3.8, 4) is 5.75 Å². The van der Waals surface area contributed by atoms with Gasteiger partial charge in [-0.2, -0.15) is 11.8 Å². The van der Waals surface area contributed by atoms with Gasteiger partial charge in [-0.05, 0) is 42.0 Å². The number of benzene rings is 1. The van der Waals surface area contributed by atoms with Gasteiger partial charge in [0.15, 0.2) is 0 Å². The third-order valence-electron chi connectivity index (χ3n) is 3.99. The van der Waals surface area contributed by atoms with E-state index >= 15 is 0 Å². The Labute approximate surface area is 126 Å². The molecule has 0 spiro atoms. The molecule has 2 aliphatic rings. The van der Waals surface area contributed by atoms with E-state index in [-0.39, 0.29) is 0 Å². The summed E-state index contributed by atoms with van der Waals surface area (Å²) in [4.78, 5) is 2.51. The maximum absolute atomic E-state index is 6.14. The molecule has 110 valence electrons. The van der Waals surface area contributed by atoms with Gasteiger partial charge in [0.25, 0.3) is 0 Å². The molecule has 0 saturated carbocycles. The molecule has 1 aromatic carbocycles. The maximum atomic E-state index is 6.14. The van der Waals surface area contributed by atoms with E-state index in [0.717, 1.165) is 38.5 Å². The summed E-state index contributed by atoms with van der Waals surface area (Å²) in [6.45, 7) is 5.54. The lowest BCUT2D eigenvalue weighted by atomic mass is 10.1. The molecule has 2 aliphatic heterocycles. The molecule has 1 N–H and O–H groups in total. The number of thioether (sulfide) groups is 1. The van der Waals surface area contributed by atoms with Crippen molar-refractivity contribution in [2.75, 3.05) is 37.7 Å². The third kappa shape index (κ3) is 4.14. The molecule has 0 atom stereocenters. The van der Waals surface area contributed by atoms with Crippen LogP contribution in [0.25, 0.3) is 0 Å². The van der Waals surface area contributed by atoms with Gasteiger partial charge in [0.1, 0.15) is 11.9 Å². The van der Waals surface area contributed by atoms with Crippen LogP contribution in [0.1, 0.15) is 18.4 Å². The van der Waals surface area contributed by atoms with Gasteiger partial charge >= 0.3 is 0 Å². The maximum Gasteiger partial charge on any atom is 0.120 e. The van der Waals surface area contributed by atoms with E-state index in [0.29, 0.717) is 6.10 Å². The van der Waals surface area contributed by atoms with Gasteiger partial charge in [0.2, 0.25) is 0 Å². The van der Waals surface area contributed by atoms with E-state index < -0.39 is 0 Å². The van der Waals surface area contributed by atoms with Crippen LogP contribution >= 0.6 is 11.8 Å². The largest absolute Gasteiger partial charge is 0.490 e. The minimum atomic E-state index is 0.422. The fourth-order valence-corrected chi connectivity index (χ4v) is 3.89. The Bertz CT molecular complexity index is 379. The quantitative estimate of drug-likeness (QED) is 0.921. The molecule has 4 heteroatoms. The van der Waals surface area contributed by atoms with Crippen LogP contribution in [0.5, 0.6) is 5.75 Å². The SMILES string of the molecule is c1cc(CN2CCNCC2)cc(OC2CCSCC2)c1. The zero-order valence-corrected chi connectivity index (χ0v) is 12.8. The van der Waals surface area contributed by atoms with Crippen LogP contribution in [0.3, 0.4) is 0 Å². The van der Waals surface area contributed by atoms with Gasteiger partial charge in [-0.15, -0.1) is 0 Å². The Kier molecular flexibility index (Phi) is 5.23. The second-order valence-electron chi connectivity index (χ2n) is 5.60. The van der Waals surface area contributed by atoms with Gasteiger partial charge in [-0.3, -0.25) is 4.90 Å². The topological polar surface area (TPSA) is 24.5 Å². The third-order valence-corrected chi connectivity index (χ3v) is 5.03. The molecule has 0 bridgehead atoms. The summed E-state index contributed by atoms with van der Waals surface area (Å²) in [5.74, 6) is 3.53. The number of ether oxygens (including phenoxy) is 1. The molecule has 0 unspecified atom stereocenters. The average molecular weight is 292 g/mol. The minimum Gasteiger partial charge on any atom is -0.490 e. The van der Waals surface area contributed by atoms with Crippen molar-refractivity contribution in [1.82, 2.24) is 10.2 Å². The highest BCUT2D eigenvalue weighted by molar-refractivity contribution is 7.99. The van der Waals surface area contributed by atoms with Crippen LogP contribution in [-0.4, -0.2) is 48.7 Å². The van der Waals surface area contributed by atoms with E-state index in [4.69, 9.17) is 4.74 Å². The van der Waals surface area contributed by atoms with Crippen molar-refractivity contribution in [2.45, 2.75) is 25.5 Å². The highest BCUT2D eigenvalue weighted by Gasteiger charge is 2.15. The summed E-state index contributed by atoms with van der Waals surface area (Å²) in [6, 6.07) is 8.67. The van der Waals surface area contributed by atoms with Crippen molar-refractivity contribution in [3.05, 3.63) is 29.8 Å². The molecule has 20 heavy (non-hydrogen) atoms. The van der Waals surface area contributed by atoms with Gasteiger partial charge in [0.05, 0.1) is 0 Å². The average Bonchev–Trinajstić information content (AvgIpc) is 2.50. The molecule has 3 nitrogen and oxygen atoms in total. The van der Waals surface area contributed by atoms with Crippen molar-refractivity contribution >= 4 is 11.8 Å². The summed E-state index contributed by atoms with van der Waals surface area (Å²) in [7, 11) is 0. The molecule has 1 aromatic rings. The normalized spacial score (nSPS) is 21.8. The number of nitrogens with zero attached hydrogens (tertiary/aromatic N) is 1. The summed E-state index contributed by atoms with van der Waals surface area (Å²) < 4.78 is 6.14. The van der Waals surface area contributed by atoms with Crippen LogP contribution in [0.2, 0.25) is 0 Å². The number of nitrogens with one attached hydrogen (secondary N) is 1. The van der Waals surface area contributed by atoms with Gasteiger partial charge < -0.3 is 10.1 Å². The number of hydrogen-bond acceptors (Lipinski definition) is 4. The Balaban J connectivity index is 1.57. The molecule has 3 rings (SSSR count). The van der Waals surface area contributed by atoms with E-state index in [2.05, 4.69) is 34.5 Å². The van der Waals surface area contributed by atoms with Gasteiger partial charge in [0, 0.05) is 32.7 Å². The Morgan fingerprint density at radius 2 is 2.00 bits per heavy atom. The first-order chi connectivity index (χ1) is 9.90. The van der Waals surface area contributed by atoms with Crippen LogP contribution in [0.15, 0.2) is 24.3 Å². The van der Waals surface area contributed by atoms with Crippen molar-refractivity contribution in [3.63, 3.8) is 0 Å². The zero-order chi connectivity index (χ0) is 13.6. The monoisotopic (exact) mass is 292 g/mol. The van der Waals surface area contributed by atoms with Crippen LogP contribution in [0, 0.1) is 0 Å². The number of rotatable bonds is 4. The van der Waals surface area contributed by atoms with Gasteiger partial charge in [-0.1, -0.05) is 12.1 Å². The molecule has 0 amide bonds. The van der Waals surface area contributed by atoms with Crippen molar-refractivity contribution < 1.29 is 4.74 Å². The summed E-state index contributed by atoms with van der Waals surface area (Å²) in [5, 5.41) is 3.40. The zero-order valence-electron chi connectivity index (χ0n) is 12.0. The Hall–Kier alpha value is -0.710. The molecule has 2 fully saturated rings. The fourth-order valence-electron chi connectivity index (χ4n) is 2.83. The lowest BCUT2D eigenvalue weighted by Crippen LogP contribution is -2.42. The molecule has 0 radical (unpaired) electrons. The molecule has 0 aliphatic carbocycles. The lowest BCUT2D eigenvalue weighted by molar-refractivity contribution is 0.191. The highest BCUT2D eigenvalue weighted by Crippen LogP contribution is 2.23. The van der Waals surface area contributed by atoms with E-state index in [1.165, 1.54) is 29.9 Å². The van der Waals surface area contributed by atoms with Crippen LogP contribution in [0.4, 0.5) is 0 Å². The summed E-state index contributed by atoms with van der Waals surface area (Å²) >= 11 is 2.04. The summed E-state index contributed by atoms with van der Waals surface area (Å²) in [6.07, 6.45) is 2.80. The Morgan fingerprint density at radius 1 is 1.20 bits per heavy atom. The van der Waals surface area contributed by atoms with E-state index in [1.807, 2.05) is 11.8 Å². The van der Waals surface area contributed by atoms with Gasteiger partial charge in [-0.25, -0.2) is 0 Å². The molecular formula is C16H24N2OS. The standard InChI is InChI=1S/C16H24N2OS/c1-2-14(13-18-8-6-17-7-9-18)12-16(3-1)19-15-4-10-20-11-5-15/h1-3,12,15,17H,4-11,13H2. The second-order valence-corrected chi connectivity index (χ2v) is 6.83. The lowest BCUT2D eigenvalue weighted by Gasteiger charge is -2.27. The summed E-state index contributed by atoms with van der Waals surface area (Å²) in [5.41, 5.74) is 1.37. The van der Waals surface area contributed by atoms with Crippen LogP contribution < -0.4 is 10.1 Å². The first kappa shape index (κ1) is 14.2. The Morgan fingerprint density at radius 3 is 2.80 bits per heavy atom. The molecule has 0 aromatic heterocycles. The number of piperazine rings is 1. The van der Waals surface area contributed by atoms with Crippen molar-refractivity contribution in [2.24, 2.45) is 0 Å². The predicted octanol–water partition coefficient (Wildman–Crippen LogP) is 2.37. The fraction of sp³-hybridized carbons (Fsp3) is 0.625. The predicted molar refractivity (Wildman–Crippen MR) is 85.6 cm³/mol. The van der Waals surface area contributed by atoms with Crippen LogP contribution in [-0.2, 0) is 6.54 Å². The highest BCUT2D eigenvalue weighted by atomic mass is 32.2. The molecular weight excluding hydrogens is 268 g/mol. The molecule has 2 saturated heterocycles. The van der Waals surface area contributed by atoms with E-state index in [9.17, 15) is 0 Å². The minimum absolute atomic E-state index is 0.422. The smallest absolute Gasteiger partial charge is 0.120 e. The first-order valence-electron chi connectivity index (χ1n) is 7.66. The first-order valence-corrected chi connectivity index (χ1v) is 8.82.